The first-order chi connectivity index (χ1) is 22.0. The molecule has 0 amide bonds. The van der Waals surface area contributed by atoms with Gasteiger partial charge in [-0.2, -0.15) is 29.9 Å². The lowest BCUT2D eigenvalue weighted by atomic mass is 9.96. The molecule has 0 saturated heterocycles. The fourth-order valence-corrected chi connectivity index (χ4v) is 7.88. The second-order valence-electron chi connectivity index (χ2n) is 15.0. The number of nitrogens with one attached hydrogen (secondary N) is 2. The smallest absolute Gasteiger partial charge is 0.231 e. The summed E-state index contributed by atoms with van der Waals surface area (Å²) in [6.45, 7) is 21.6. The van der Waals surface area contributed by atoms with Gasteiger partial charge in [-0.1, -0.05) is 93.9 Å². The Morgan fingerprint density at radius 1 is 0.500 bits per heavy atom. The molecule has 2 aromatic rings. The average Bonchev–Trinajstić information content (AvgIpc) is 2.99. The van der Waals surface area contributed by atoms with Gasteiger partial charge in [0.25, 0.3) is 0 Å². The minimum absolute atomic E-state index is 0.408. The molecular formula is C34H60N10S2. The Hall–Kier alpha value is -2.08. The van der Waals surface area contributed by atoms with Gasteiger partial charge in [-0.05, 0) is 70.9 Å². The molecule has 0 aromatic carbocycles. The van der Waals surface area contributed by atoms with Gasteiger partial charge in [0.05, 0.1) is 0 Å². The average molecular weight is 673 g/mol. The quantitative estimate of drug-likeness (QED) is 0.157. The first-order valence-electron chi connectivity index (χ1n) is 17.9. The maximum absolute atomic E-state index is 5.01. The Morgan fingerprint density at radius 2 is 0.826 bits per heavy atom. The molecule has 46 heavy (non-hydrogen) atoms. The van der Waals surface area contributed by atoms with Crippen LogP contribution in [0.15, 0.2) is 10.3 Å². The highest BCUT2D eigenvalue weighted by atomic mass is 33.1. The Balaban J connectivity index is 1.63. The van der Waals surface area contributed by atoms with Crippen LogP contribution in [0.4, 0.5) is 23.8 Å². The van der Waals surface area contributed by atoms with Crippen LogP contribution in [0.5, 0.6) is 0 Å². The minimum Gasteiger partial charge on any atom is -0.351 e. The molecule has 10 nitrogen and oxygen atoms in total. The van der Waals surface area contributed by atoms with Crippen LogP contribution in [-0.4, -0.2) is 68.2 Å². The lowest BCUT2D eigenvalue weighted by molar-refractivity contribution is 0.460. The molecule has 2 heterocycles. The van der Waals surface area contributed by atoms with E-state index >= 15 is 0 Å². The highest BCUT2D eigenvalue weighted by Crippen LogP contribution is 2.36. The maximum Gasteiger partial charge on any atom is 0.231 e. The fraction of sp³-hybridized carbons (Fsp3) is 0.824. The Kier molecular flexibility index (Phi) is 14.7. The summed E-state index contributed by atoms with van der Waals surface area (Å²) in [4.78, 5) is 34.4. The van der Waals surface area contributed by atoms with Crippen LogP contribution in [0.1, 0.15) is 120 Å². The summed E-state index contributed by atoms with van der Waals surface area (Å²) in [5.41, 5.74) is 0. The molecular weight excluding hydrogens is 613 g/mol. The van der Waals surface area contributed by atoms with E-state index < -0.39 is 0 Å². The summed E-state index contributed by atoms with van der Waals surface area (Å²) >= 11 is 0. The Labute approximate surface area is 286 Å². The lowest BCUT2D eigenvalue weighted by Crippen LogP contribution is -2.33. The van der Waals surface area contributed by atoms with Gasteiger partial charge in [0.2, 0.25) is 34.1 Å². The van der Waals surface area contributed by atoms with Crippen molar-refractivity contribution in [2.24, 2.45) is 23.7 Å². The summed E-state index contributed by atoms with van der Waals surface area (Å²) in [6.07, 6.45) is 12.3. The number of hydrogen-bond donors (Lipinski definition) is 2. The van der Waals surface area contributed by atoms with Crippen molar-refractivity contribution in [3.8, 4) is 0 Å². The molecule has 0 aliphatic heterocycles. The van der Waals surface area contributed by atoms with Gasteiger partial charge in [0, 0.05) is 38.3 Å². The molecule has 2 aliphatic carbocycles. The standard InChI is InChI=1S/C34H60N10S2/c1-23(2)19-43(20-24(3)4)31-37-29(35-27-15-11-9-12-16-27)39-33(41-31)45-46-34-40-30(36-28-17-13-10-14-18-28)38-32(42-34)44(21-25(5)6)22-26(7)8/h23-28H,9-22H2,1-8H3,(H,35,37,39,41)(H,36,38,40,42). The van der Waals surface area contributed by atoms with Crippen molar-refractivity contribution in [2.45, 2.75) is 142 Å². The van der Waals surface area contributed by atoms with E-state index in [1.54, 1.807) is 0 Å². The molecule has 0 atom stereocenters. The minimum atomic E-state index is 0.408. The number of rotatable bonds is 17. The second-order valence-corrected chi connectivity index (χ2v) is 17.1. The summed E-state index contributed by atoms with van der Waals surface area (Å²) in [5, 5.41) is 8.69. The van der Waals surface area contributed by atoms with Crippen molar-refractivity contribution in [2.75, 3.05) is 46.6 Å². The monoisotopic (exact) mass is 672 g/mol. The van der Waals surface area contributed by atoms with E-state index in [1.807, 2.05) is 0 Å². The zero-order valence-corrected chi connectivity index (χ0v) is 31.4. The van der Waals surface area contributed by atoms with Crippen molar-refractivity contribution in [3.05, 3.63) is 0 Å². The normalized spacial score (nSPS) is 16.5. The van der Waals surface area contributed by atoms with E-state index in [-0.39, 0.29) is 0 Å². The maximum atomic E-state index is 5.01. The zero-order chi connectivity index (χ0) is 33.1. The molecule has 4 rings (SSSR count). The number of hydrogen-bond acceptors (Lipinski definition) is 12. The van der Waals surface area contributed by atoms with Crippen molar-refractivity contribution >= 4 is 45.4 Å². The summed E-state index contributed by atoms with van der Waals surface area (Å²) in [5.74, 6) is 4.82. The van der Waals surface area contributed by atoms with Crippen molar-refractivity contribution in [1.82, 2.24) is 29.9 Å². The van der Waals surface area contributed by atoms with E-state index in [0.717, 1.165) is 63.8 Å². The zero-order valence-electron chi connectivity index (χ0n) is 29.8. The van der Waals surface area contributed by atoms with Gasteiger partial charge < -0.3 is 20.4 Å². The fourth-order valence-electron chi connectivity index (χ4n) is 6.35. The van der Waals surface area contributed by atoms with E-state index in [1.165, 1.54) is 60.1 Å². The van der Waals surface area contributed by atoms with Crippen LogP contribution < -0.4 is 20.4 Å². The predicted octanol–water partition coefficient (Wildman–Crippen LogP) is 8.58. The largest absolute Gasteiger partial charge is 0.351 e. The first kappa shape index (κ1) is 36.8. The topological polar surface area (TPSA) is 108 Å². The molecule has 0 spiro atoms. The molecule has 2 aromatic heterocycles. The van der Waals surface area contributed by atoms with Gasteiger partial charge in [-0.3, -0.25) is 0 Å². The van der Waals surface area contributed by atoms with Crippen LogP contribution >= 0.6 is 21.6 Å². The van der Waals surface area contributed by atoms with Crippen LogP contribution in [0.2, 0.25) is 0 Å². The van der Waals surface area contributed by atoms with Crippen LogP contribution in [-0.2, 0) is 0 Å². The van der Waals surface area contributed by atoms with Crippen molar-refractivity contribution < 1.29 is 0 Å². The second kappa shape index (κ2) is 18.5. The number of nitrogens with zero attached hydrogens (tertiary/aromatic N) is 8. The Morgan fingerprint density at radius 3 is 1.13 bits per heavy atom. The van der Waals surface area contributed by atoms with Gasteiger partial charge in [-0.25, -0.2) is 0 Å². The van der Waals surface area contributed by atoms with Gasteiger partial charge in [-0.15, -0.1) is 0 Å². The van der Waals surface area contributed by atoms with E-state index in [4.69, 9.17) is 29.9 Å². The summed E-state index contributed by atoms with van der Waals surface area (Å²) in [7, 11) is 3.02. The number of aromatic nitrogens is 6. The van der Waals surface area contributed by atoms with Crippen LogP contribution in [0, 0.1) is 23.7 Å². The molecule has 2 aliphatic rings. The third-order valence-corrected chi connectivity index (χ3v) is 10.1. The molecule has 0 unspecified atom stereocenters. The molecule has 12 heteroatoms. The molecule has 2 saturated carbocycles. The van der Waals surface area contributed by atoms with Crippen molar-refractivity contribution in [3.63, 3.8) is 0 Å². The Bertz CT molecular complexity index is 1070. The summed E-state index contributed by atoms with van der Waals surface area (Å²) in [6, 6.07) is 0.816. The molecule has 2 fully saturated rings. The third kappa shape index (κ3) is 12.5. The third-order valence-electron chi connectivity index (χ3n) is 8.18. The van der Waals surface area contributed by atoms with Crippen molar-refractivity contribution in [1.29, 1.82) is 0 Å². The molecule has 0 radical (unpaired) electrons. The summed E-state index contributed by atoms with van der Waals surface area (Å²) < 4.78 is 0. The molecule has 0 bridgehead atoms. The molecule has 2 N–H and O–H groups in total. The lowest BCUT2D eigenvalue weighted by Gasteiger charge is -2.28. The number of anilines is 4. The van der Waals surface area contributed by atoms with Gasteiger partial charge in [0.1, 0.15) is 0 Å². The first-order valence-corrected chi connectivity index (χ1v) is 20.1. The highest BCUT2D eigenvalue weighted by molar-refractivity contribution is 8.76. The predicted molar refractivity (Wildman–Crippen MR) is 196 cm³/mol. The van der Waals surface area contributed by atoms with Gasteiger partial charge in [0.15, 0.2) is 0 Å². The van der Waals surface area contributed by atoms with Crippen LogP contribution in [0.3, 0.4) is 0 Å². The van der Waals surface area contributed by atoms with Gasteiger partial charge >= 0.3 is 0 Å². The van der Waals surface area contributed by atoms with Crippen LogP contribution in [0.25, 0.3) is 0 Å². The van der Waals surface area contributed by atoms with E-state index in [0.29, 0.717) is 58.0 Å². The SMILES string of the molecule is CC(C)CN(CC(C)C)c1nc(NC2CCCCC2)nc(SSc2nc(NC3CCCCC3)nc(N(CC(C)C)CC(C)C)n2)n1. The van der Waals surface area contributed by atoms with E-state index in [9.17, 15) is 0 Å². The molecule has 258 valence electrons. The van der Waals surface area contributed by atoms with E-state index in [2.05, 4.69) is 75.8 Å². The highest BCUT2D eigenvalue weighted by Gasteiger charge is 2.22.